The van der Waals surface area contributed by atoms with E-state index in [1.54, 1.807) is 6.07 Å². The number of benzene rings is 2. The summed E-state index contributed by atoms with van der Waals surface area (Å²) in [5.74, 6) is -0.499. The van der Waals surface area contributed by atoms with E-state index >= 15 is 0 Å². The fraction of sp³-hybridized carbons (Fsp3) is 0.263. The van der Waals surface area contributed by atoms with Gasteiger partial charge in [0.15, 0.2) is 0 Å². The molecule has 2 N–H and O–H groups in total. The van der Waals surface area contributed by atoms with Crippen LogP contribution in [0.5, 0.6) is 0 Å². The van der Waals surface area contributed by atoms with Crippen molar-refractivity contribution in [2.24, 2.45) is 0 Å². The Morgan fingerprint density at radius 3 is 2.96 bits per heavy atom. The van der Waals surface area contributed by atoms with Gasteiger partial charge in [-0.3, -0.25) is 4.79 Å². The van der Waals surface area contributed by atoms with E-state index in [1.807, 2.05) is 24.3 Å². The number of amides is 1. The first-order chi connectivity index (χ1) is 12.7. The largest absolute Gasteiger partial charge is 0.378 e. The zero-order valence-electron chi connectivity index (χ0n) is 14.4. The van der Waals surface area contributed by atoms with Crippen molar-refractivity contribution in [2.45, 2.75) is 12.5 Å². The molecule has 1 aromatic heterocycles. The number of rotatable bonds is 4. The summed E-state index contributed by atoms with van der Waals surface area (Å²) in [6, 6.07) is 12.1. The second-order valence-corrected chi connectivity index (χ2v) is 7.19. The topological polar surface area (TPSA) is 63.2 Å². The molecule has 1 unspecified atom stereocenters. The van der Waals surface area contributed by atoms with Crippen LogP contribution in [0.25, 0.3) is 20.8 Å². The summed E-state index contributed by atoms with van der Waals surface area (Å²) >= 11 is 1.47. The highest BCUT2D eigenvalue weighted by molar-refractivity contribution is 7.21. The molecule has 1 fully saturated rings. The molecule has 0 saturated carbocycles. The molecule has 2 heterocycles. The monoisotopic (exact) mass is 407 g/mol. The molecule has 0 spiro atoms. The quantitative estimate of drug-likeness (QED) is 0.689. The minimum atomic E-state index is -0.361. The van der Waals surface area contributed by atoms with Crippen LogP contribution in [-0.2, 0) is 9.53 Å². The van der Waals surface area contributed by atoms with Crippen molar-refractivity contribution in [1.29, 1.82) is 0 Å². The second kappa shape index (κ2) is 8.75. The van der Waals surface area contributed by atoms with Crippen LogP contribution in [0.4, 0.5) is 10.1 Å². The maximum atomic E-state index is 13.8. The SMILES string of the molecule is Cl.O=C(CC1COCCN1)Nc1ccc(F)cc1-c1nc2ccccc2s1. The third-order valence-corrected chi connectivity index (χ3v) is 5.28. The maximum absolute atomic E-state index is 13.8. The van der Waals surface area contributed by atoms with Gasteiger partial charge in [0.25, 0.3) is 0 Å². The van der Waals surface area contributed by atoms with Gasteiger partial charge < -0.3 is 15.4 Å². The second-order valence-electron chi connectivity index (χ2n) is 6.15. The standard InChI is InChI=1S/C19H18FN3O2S.ClH/c20-12-5-6-15(22-18(24)10-13-11-25-8-7-21-13)14(9-12)19-23-16-3-1-2-4-17(16)26-19;/h1-6,9,13,21H,7-8,10-11H2,(H,22,24);1H. The summed E-state index contributed by atoms with van der Waals surface area (Å²) < 4.78 is 20.2. The lowest BCUT2D eigenvalue weighted by atomic mass is 10.1. The van der Waals surface area contributed by atoms with Gasteiger partial charge >= 0.3 is 0 Å². The van der Waals surface area contributed by atoms with E-state index in [4.69, 9.17) is 4.74 Å². The zero-order valence-corrected chi connectivity index (χ0v) is 16.0. The molecule has 0 radical (unpaired) electrons. The van der Waals surface area contributed by atoms with Crippen LogP contribution in [0.1, 0.15) is 6.42 Å². The summed E-state index contributed by atoms with van der Waals surface area (Å²) in [7, 11) is 0. The fourth-order valence-electron chi connectivity index (χ4n) is 2.97. The zero-order chi connectivity index (χ0) is 17.9. The number of fused-ring (bicyclic) bond motifs is 1. The number of anilines is 1. The molecular formula is C19H19ClFN3O2S. The van der Waals surface area contributed by atoms with Crippen LogP contribution in [-0.4, -0.2) is 36.7 Å². The Bertz CT molecular complexity index is 911. The lowest BCUT2D eigenvalue weighted by Gasteiger charge is -2.23. The fourth-order valence-corrected chi connectivity index (χ4v) is 3.96. The van der Waals surface area contributed by atoms with Gasteiger partial charge in [-0.25, -0.2) is 9.37 Å². The highest BCUT2D eigenvalue weighted by Crippen LogP contribution is 2.35. The average molecular weight is 408 g/mol. The van der Waals surface area contributed by atoms with Gasteiger partial charge in [0.2, 0.25) is 5.91 Å². The van der Waals surface area contributed by atoms with Crippen molar-refractivity contribution in [3.05, 3.63) is 48.3 Å². The van der Waals surface area contributed by atoms with Gasteiger partial charge in [-0.2, -0.15) is 0 Å². The molecule has 4 rings (SSSR count). The predicted octanol–water partition coefficient (Wildman–Crippen LogP) is 3.84. The Kier molecular flexibility index (Phi) is 6.38. The molecule has 3 aromatic rings. The molecule has 1 saturated heterocycles. The van der Waals surface area contributed by atoms with Crippen LogP contribution in [0.3, 0.4) is 0 Å². The first-order valence-electron chi connectivity index (χ1n) is 8.45. The molecule has 1 amide bonds. The highest BCUT2D eigenvalue weighted by atomic mass is 35.5. The van der Waals surface area contributed by atoms with Crippen molar-refractivity contribution in [1.82, 2.24) is 10.3 Å². The molecule has 0 aliphatic carbocycles. The minimum Gasteiger partial charge on any atom is -0.378 e. The first kappa shape index (κ1) is 19.7. The number of carbonyl (C=O) groups is 1. The van der Waals surface area contributed by atoms with Gasteiger partial charge in [0.1, 0.15) is 10.8 Å². The Hall–Kier alpha value is -2.06. The summed E-state index contributed by atoms with van der Waals surface area (Å²) in [4.78, 5) is 17.0. The van der Waals surface area contributed by atoms with Crippen LogP contribution in [0.2, 0.25) is 0 Å². The van der Waals surface area contributed by atoms with Crippen LogP contribution in [0.15, 0.2) is 42.5 Å². The Morgan fingerprint density at radius 2 is 2.19 bits per heavy atom. The summed E-state index contributed by atoms with van der Waals surface area (Å²) in [5, 5.41) is 6.83. The number of thiazole rings is 1. The number of carbonyl (C=O) groups excluding carboxylic acids is 1. The third kappa shape index (κ3) is 4.62. The number of hydrogen-bond acceptors (Lipinski definition) is 5. The molecule has 27 heavy (non-hydrogen) atoms. The first-order valence-corrected chi connectivity index (χ1v) is 9.27. The smallest absolute Gasteiger partial charge is 0.226 e. The van der Waals surface area contributed by atoms with Crippen molar-refractivity contribution in [3.8, 4) is 10.6 Å². The van der Waals surface area contributed by atoms with E-state index in [0.717, 1.165) is 16.8 Å². The summed E-state index contributed by atoms with van der Waals surface area (Å²) in [6.45, 7) is 1.92. The minimum absolute atomic E-state index is 0. The number of hydrogen-bond donors (Lipinski definition) is 2. The molecule has 142 valence electrons. The molecule has 8 heteroatoms. The molecule has 1 atom stereocenters. The molecule has 0 bridgehead atoms. The van der Waals surface area contributed by atoms with Gasteiger partial charge in [-0.05, 0) is 30.3 Å². The van der Waals surface area contributed by atoms with Gasteiger partial charge in [0, 0.05) is 24.6 Å². The number of ether oxygens (including phenoxy) is 1. The molecule has 1 aliphatic heterocycles. The lowest BCUT2D eigenvalue weighted by molar-refractivity contribution is -0.117. The number of nitrogens with one attached hydrogen (secondary N) is 2. The van der Waals surface area contributed by atoms with Gasteiger partial charge in [-0.15, -0.1) is 23.7 Å². The predicted molar refractivity (Wildman–Crippen MR) is 108 cm³/mol. The van der Waals surface area contributed by atoms with E-state index < -0.39 is 0 Å². The van der Waals surface area contributed by atoms with Gasteiger partial charge in [-0.1, -0.05) is 12.1 Å². The van der Waals surface area contributed by atoms with E-state index in [1.165, 1.54) is 23.5 Å². The third-order valence-electron chi connectivity index (χ3n) is 4.21. The number of aromatic nitrogens is 1. The van der Waals surface area contributed by atoms with Gasteiger partial charge in [0.05, 0.1) is 29.1 Å². The normalized spacial score (nSPS) is 16.7. The van der Waals surface area contributed by atoms with Crippen molar-refractivity contribution in [2.75, 3.05) is 25.1 Å². The molecule has 1 aliphatic rings. The maximum Gasteiger partial charge on any atom is 0.226 e. The van der Waals surface area contributed by atoms with E-state index in [0.29, 0.717) is 35.9 Å². The van der Waals surface area contributed by atoms with Crippen molar-refractivity contribution in [3.63, 3.8) is 0 Å². The Labute approximate surface area is 166 Å². The number of para-hydroxylation sites is 1. The molecular weight excluding hydrogens is 389 g/mol. The number of nitrogens with zero attached hydrogens (tertiary/aromatic N) is 1. The highest BCUT2D eigenvalue weighted by Gasteiger charge is 2.19. The van der Waals surface area contributed by atoms with Crippen LogP contribution in [0, 0.1) is 5.82 Å². The molecule has 2 aromatic carbocycles. The Balaban J connectivity index is 0.00000210. The Morgan fingerprint density at radius 1 is 1.33 bits per heavy atom. The molecule has 5 nitrogen and oxygen atoms in total. The average Bonchev–Trinajstić information content (AvgIpc) is 3.08. The van der Waals surface area contributed by atoms with E-state index in [-0.39, 0.29) is 30.2 Å². The number of morpholine rings is 1. The summed E-state index contributed by atoms with van der Waals surface area (Å²) in [6.07, 6.45) is 0.302. The van der Waals surface area contributed by atoms with Crippen molar-refractivity contribution < 1.29 is 13.9 Å². The van der Waals surface area contributed by atoms with E-state index in [2.05, 4.69) is 15.6 Å². The van der Waals surface area contributed by atoms with Crippen molar-refractivity contribution >= 4 is 45.6 Å². The summed E-state index contributed by atoms with van der Waals surface area (Å²) in [5.41, 5.74) is 2.01. The van der Waals surface area contributed by atoms with Crippen LogP contribution < -0.4 is 10.6 Å². The van der Waals surface area contributed by atoms with Crippen LogP contribution >= 0.6 is 23.7 Å². The number of halogens is 2. The van der Waals surface area contributed by atoms with E-state index in [9.17, 15) is 9.18 Å². The lowest BCUT2D eigenvalue weighted by Crippen LogP contribution is -2.43.